The number of rotatable bonds is 7. The molecule has 2 heterocycles. The third-order valence-corrected chi connectivity index (χ3v) is 4.61. The van der Waals surface area contributed by atoms with Gasteiger partial charge in [0, 0.05) is 12.5 Å². The summed E-state index contributed by atoms with van der Waals surface area (Å²) in [6.07, 6.45) is 3.81. The number of piperidine rings is 1. The summed E-state index contributed by atoms with van der Waals surface area (Å²) in [7, 11) is 0. The second-order valence-electron chi connectivity index (χ2n) is 6.50. The molecule has 140 valence electrons. The first kappa shape index (κ1) is 18.5. The monoisotopic (exact) mass is 361 g/mol. The molecule has 1 aromatic heterocycles. The van der Waals surface area contributed by atoms with Gasteiger partial charge in [-0.25, -0.2) is 4.39 Å². The standard InChI is InChI=1S/C19H24FN3O3/c1-2-25-19(24)12-15-8-5-6-10-23(15)13-18-21-17(22-26-18)11-14-7-3-4-9-16(14)20/h3-4,7,9,15H,2,5-6,8,10-13H2,1H3. The summed E-state index contributed by atoms with van der Waals surface area (Å²) in [6.45, 7) is 3.59. The molecule has 6 nitrogen and oxygen atoms in total. The molecular formula is C19H24FN3O3. The molecule has 1 unspecified atom stereocenters. The van der Waals surface area contributed by atoms with E-state index < -0.39 is 0 Å². The Labute approximate surface area is 152 Å². The average Bonchev–Trinajstić information content (AvgIpc) is 3.06. The van der Waals surface area contributed by atoms with Crippen LogP contribution in [-0.2, 0) is 22.5 Å². The van der Waals surface area contributed by atoms with E-state index in [0.717, 1.165) is 25.8 Å². The summed E-state index contributed by atoms with van der Waals surface area (Å²) in [6, 6.07) is 6.70. The van der Waals surface area contributed by atoms with Crippen LogP contribution in [0.15, 0.2) is 28.8 Å². The highest BCUT2D eigenvalue weighted by molar-refractivity contribution is 5.70. The van der Waals surface area contributed by atoms with Crippen LogP contribution in [0.25, 0.3) is 0 Å². The van der Waals surface area contributed by atoms with Crippen molar-refractivity contribution in [3.8, 4) is 0 Å². The van der Waals surface area contributed by atoms with Crippen molar-refractivity contribution in [3.05, 3.63) is 47.4 Å². The number of aromatic nitrogens is 2. The van der Waals surface area contributed by atoms with Crippen LogP contribution in [0, 0.1) is 5.82 Å². The Hall–Kier alpha value is -2.28. The van der Waals surface area contributed by atoms with Crippen LogP contribution < -0.4 is 0 Å². The number of carbonyl (C=O) groups is 1. The molecule has 3 rings (SSSR count). The van der Waals surface area contributed by atoms with Crippen molar-refractivity contribution >= 4 is 5.97 Å². The van der Waals surface area contributed by atoms with E-state index in [1.54, 1.807) is 18.2 Å². The quantitative estimate of drug-likeness (QED) is 0.706. The van der Waals surface area contributed by atoms with Crippen LogP contribution in [0.1, 0.15) is 49.9 Å². The van der Waals surface area contributed by atoms with Gasteiger partial charge in [0.15, 0.2) is 5.82 Å². The molecule has 0 aliphatic carbocycles. The number of hydrogen-bond donors (Lipinski definition) is 0. The fraction of sp³-hybridized carbons (Fsp3) is 0.526. The van der Waals surface area contributed by atoms with E-state index in [-0.39, 0.29) is 17.8 Å². The van der Waals surface area contributed by atoms with Crippen molar-refractivity contribution in [2.45, 2.75) is 51.6 Å². The maximum Gasteiger partial charge on any atom is 0.307 e. The number of hydrogen-bond acceptors (Lipinski definition) is 6. The molecular weight excluding hydrogens is 337 g/mol. The average molecular weight is 361 g/mol. The molecule has 0 radical (unpaired) electrons. The lowest BCUT2D eigenvalue weighted by Crippen LogP contribution is -2.40. The maximum absolute atomic E-state index is 13.8. The Balaban J connectivity index is 1.61. The van der Waals surface area contributed by atoms with Crippen LogP contribution in [0.3, 0.4) is 0 Å². The smallest absolute Gasteiger partial charge is 0.307 e. The van der Waals surface area contributed by atoms with Gasteiger partial charge >= 0.3 is 5.97 Å². The zero-order valence-electron chi connectivity index (χ0n) is 15.0. The highest BCUT2D eigenvalue weighted by Gasteiger charge is 2.27. The summed E-state index contributed by atoms with van der Waals surface area (Å²) in [5.41, 5.74) is 0.540. The Morgan fingerprint density at radius 3 is 3.04 bits per heavy atom. The fourth-order valence-corrected chi connectivity index (χ4v) is 3.32. The number of esters is 1. The predicted molar refractivity (Wildman–Crippen MR) is 92.8 cm³/mol. The Morgan fingerprint density at radius 1 is 1.38 bits per heavy atom. The number of halogens is 1. The van der Waals surface area contributed by atoms with Gasteiger partial charge in [-0.2, -0.15) is 4.98 Å². The molecule has 0 saturated carbocycles. The molecule has 7 heteroatoms. The number of benzene rings is 1. The summed E-state index contributed by atoms with van der Waals surface area (Å²) in [4.78, 5) is 18.4. The van der Waals surface area contributed by atoms with Crippen molar-refractivity contribution in [2.75, 3.05) is 13.2 Å². The van der Waals surface area contributed by atoms with Gasteiger partial charge in [-0.1, -0.05) is 29.8 Å². The van der Waals surface area contributed by atoms with Gasteiger partial charge in [-0.15, -0.1) is 0 Å². The van der Waals surface area contributed by atoms with Gasteiger partial charge in [0.25, 0.3) is 0 Å². The van der Waals surface area contributed by atoms with Crippen LogP contribution >= 0.6 is 0 Å². The van der Waals surface area contributed by atoms with E-state index in [2.05, 4.69) is 15.0 Å². The first-order valence-corrected chi connectivity index (χ1v) is 9.10. The van der Waals surface area contributed by atoms with Gasteiger partial charge in [0.2, 0.25) is 5.89 Å². The second kappa shape index (κ2) is 8.89. The molecule has 0 spiro atoms. The van der Waals surface area contributed by atoms with Crippen molar-refractivity contribution in [1.29, 1.82) is 0 Å². The topological polar surface area (TPSA) is 68.5 Å². The molecule has 26 heavy (non-hydrogen) atoms. The molecule has 1 aromatic carbocycles. The summed E-state index contributed by atoms with van der Waals surface area (Å²) in [5.74, 6) is 0.510. The first-order chi connectivity index (χ1) is 12.7. The molecule has 1 aliphatic rings. The van der Waals surface area contributed by atoms with E-state index in [9.17, 15) is 9.18 Å². The third kappa shape index (κ3) is 4.88. The lowest BCUT2D eigenvalue weighted by molar-refractivity contribution is -0.145. The zero-order valence-corrected chi connectivity index (χ0v) is 15.0. The van der Waals surface area contributed by atoms with Gasteiger partial charge in [0.1, 0.15) is 5.82 Å². The van der Waals surface area contributed by atoms with Crippen molar-refractivity contribution in [1.82, 2.24) is 15.0 Å². The molecule has 1 atom stereocenters. The van der Waals surface area contributed by atoms with Gasteiger partial charge in [-0.05, 0) is 37.9 Å². The van der Waals surface area contributed by atoms with E-state index in [1.807, 2.05) is 6.92 Å². The first-order valence-electron chi connectivity index (χ1n) is 9.10. The number of likely N-dealkylation sites (tertiary alicyclic amines) is 1. The Bertz CT molecular complexity index is 734. The SMILES string of the molecule is CCOC(=O)CC1CCCCN1Cc1nc(Cc2ccccc2F)no1. The molecule has 0 N–H and O–H groups in total. The van der Waals surface area contributed by atoms with E-state index in [1.165, 1.54) is 6.07 Å². The predicted octanol–water partition coefficient (Wildman–Crippen LogP) is 3.11. The van der Waals surface area contributed by atoms with Gasteiger partial charge in [-0.3, -0.25) is 9.69 Å². The number of ether oxygens (including phenoxy) is 1. The van der Waals surface area contributed by atoms with Crippen LogP contribution in [0.5, 0.6) is 0 Å². The molecule has 1 fully saturated rings. The van der Waals surface area contributed by atoms with Crippen molar-refractivity contribution in [3.63, 3.8) is 0 Å². The third-order valence-electron chi connectivity index (χ3n) is 4.61. The Morgan fingerprint density at radius 2 is 2.23 bits per heavy atom. The van der Waals surface area contributed by atoms with E-state index >= 15 is 0 Å². The normalized spacial score (nSPS) is 18.0. The lowest BCUT2D eigenvalue weighted by Gasteiger charge is -2.34. The number of nitrogens with zero attached hydrogens (tertiary/aromatic N) is 3. The maximum atomic E-state index is 13.8. The molecule has 0 bridgehead atoms. The summed E-state index contributed by atoms with van der Waals surface area (Å²) < 4.78 is 24.2. The Kier molecular flexibility index (Phi) is 6.33. The minimum Gasteiger partial charge on any atom is -0.466 e. The largest absolute Gasteiger partial charge is 0.466 e. The van der Waals surface area contributed by atoms with Crippen molar-refractivity contribution in [2.24, 2.45) is 0 Å². The summed E-state index contributed by atoms with van der Waals surface area (Å²) in [5, 5.41) is 3.96. The van der Waals surface area contributed by atoms with Gasteiger partial charge in [0.05, 0.1) is 19.6 Å². The molecule has 2 aromatic rings. The van der Waals surface area contributed by atoms with Crippen molar-refractivity contribution < 1.29 is 18.4 Å². The summed E-state index contributed by atoms with van der Waals surface area (Å²) >= 11 is 0. The second-order valence-corrected chi connectivity index (χ2v) is 6.50. The minimum atomic E-state index is -0.274. The van der Waals surface area contributed by atoms with E-state index in [4.69, 9.17) is 9.26 Å². The highest BCUT2D eigenvalue weighted by atomic mass is 19.1. The highest BCUT2D eigenvalue weighted by Crippen LogP contribution is 2.22. The fourth-order valence-electron chi connectivity index (χ4n) is 3.32. The molecule has 0 amide bonds. The molecule has 1 aliphatic heterocycles. The minimum absolute atomic E-state index is 0.129. The van der Waals surface area contributed by atoms with Crippen LogP contribution in [0.4, 0.5) is 4.39 Å². The van der Waals surface area contributed by atoms with Crippen LogP contribution in [0.2, 0.25) is 0 Å². The molecule has 1 saturated heterocycles. The lowest BCUT2D eigenvalue weighted by atomic mass is 9.99. The zero-order chi connectivity index (χ0) is 18.4. The van der Waals surface area contributed by atoms with Gasteiger partial charge < -0.3 is 9.26 Å². The van der Waals surface area contributed by atoms with Crippen LogP contribution in [-0.4, -0.2) is 40.2 Å². The number of carbonyl (C=O) groups excluding carboxylic acids is 1. The van der Waals surface area contributed by atoms with E-state index in [0.29, 0.717) is 43.3 Å².